The minimum atomic E-state index is -1.71. The van der Waals surface area contributed by atoms with Crippen LogP contribution < -0.4 is 4.90 Å². The molecule has 3 aromatic rings. The zero-order valence-electron chi connectivity index (χ0n) is 39.6. The fraction of sp³-hybridized carbons (Fsp3) is 0.667. The molecule has 0 spiro atoms. The zero-order valence-corrected chi connectivity index (χ0v) is 39.6. The number of aliphatic hydroxyl groups is 4. The van der Waals surface area contributed by atoms with Crippen LogP contribution in [0.1, 0.15) is 86.6 Å². The molecule has 1 aromatic heterocycles. The predicted molar refractivity (Wildman–Crippen MR) is 241 cm³/mol. The van der Waals surface area contributed by atoms with Crippen LogP contribution in [0.5, 0.6) is 0 Å². The van der Waals surface area contributed by atoms with Gasteiger partial charge in [-0.05, 0) is 109 Å². The second kappa shape index (κ2) is 20.8. The number of hydrogen-bond donors (Lipinski definition) is 4. The smallest absolute Gasteiger partial charge is 0.414 e. The van der Waals surface area contributed by atoms with Gasteiger partial charge in [-0.2, -0.15) is 0 Å². The van der Waals surface area contributed by atoms with Crippen molar-refractivity contribution in [3.8, 4) is 11.1 Å². The molecule has 14 atom stereocenters. The highest BCUT2D eigenvalue weighted by molar-refractivity contribution is 5.90. The standard InChI is InChI=1S/C48H71FN6O10/c1-11-40-48(8,61)42(57)32(6)52(9)24-28(2)23-47(7,60)43(29(3)20-30(4)44(58)64-40)65-45-41(56)39(21-31(5)62-45)53(10)25-33-12-14-34(15-13-33)37-17-16-35(22-38(37)49)55-27-36(63-46(55)59)26-54-19-18-50-51-54/h12-19,22,28-32,36,39-43,45,56-57,60-61H,11,20-21,23-27H2,1-10H3/t28-,29+,30-,31-,32-,36+,39+,40-,41-,42-,43-,45+,47-,48-/m1/s1. The summed E-state index contributed by atoms with van der Waals surface area (Å²) in [6, 6.07) is 11.3. The largest absolute Gasteiger partial charge is 0.459 e. The van der Waals surface area contributed by atoms with Crippen LogP contribution in [0.2, 0.25) is 0 Å². The van der Waals surface area contributed by atoms with E-state index in [-0.39, 0.29) is 25.0 Å². The van der Waals surface area contributed by atoms with Crippen LogP contribution in [-0.2, 0) is 36.8 Å². The molecule has 3 aliphatic heterocycles. The van der Waals surface area contributed by atoms with Gasteiger partial charge in [0.2, 0.25) is 0 Å². The third-order valence-electron chi connectivity index (χ3n) is 13.8. The highest BCUT2D eigenvalue weighted by Crippen LogP contribution is 2.37. The van der Waals surface area contributed by atoms with E-state index >= 15 is 4.39 Å². The summed E-state index contributed by atoms with van der Waals surface area (Å²) >= 11 is 0. The van der Waals surface area contributed by atoms with Gasteiger partial charge in [-0.25, -0.2) is 13.9 Å². The molecule has 6 rings (SSSR count). The number of aliphatic hydroxyl groups excluding tert-OH is 2. The van der Waals surface area contributed by atoms with Gasteiger partial charge in [0.25, 0.3) is 0 Å². The number of cyclic esters (lactones) is 2. The zero-order chi connectivity index (χ0) is 47.5. The van der Waals surface area contributed by atoms with Crippen LogP contribution in [0.25, 0.3) is 11.1 Å². The third-order valence-corrected chi connectivity index (χ3v) is 13.8. The summed E-state index contributed by atoms with van der Waals surface area (Å²) in [7, 11) is 3.77. The lowest BCUT2D eigenvalue weighted by molar-refractivity contribution is -0.296. The minimum Gasteiger partial charge on any atom is -0.459 e. The lowest BCUT2D eigenvalue weighted by atomic mass is 9.79. The Balaban J connectivity index is 1.13. The van der Waals surface area contributed by atoms with Crippen LogP contribution in [-0.4, -0.2) is 151 Å². The number of rotatable bonds is 10. The van der Waals surface area contributed by atoms with E-state index in [4.69, 9.17) is 18.9 Å². The Labute approximate surface area is 382 Å². The molecule has 360 valence electrons. The number of likely N-dealkylation sites (N-methyl/N-ethyl adjacent to an activating group) is 2. The van der Waals surface area contributed by atoms with E-state index in [1.54, 1.807) is 50.0 Å². The van der Waals surface area contributed by atoms with E-state index in [2.05, 4.69) is 10.3 Å². The second-order valence-corrected chi connectivity index (χ2v) is 19.6. The number of benzene rings is 2. The Hall–Kier alpha value is -4.07. The molecule has 2 aromatic carbocycles. The highest BCUT2D eigenvalue weighted by Gasteiger charge is 2.48. The number of aromatic nitrogens is 3. The topological polar surface area (TPSA) is 192 Å². The van der Waals surface area contributed by atoms with Crippen molar-refractivity contribution in [2.24, 2.45) is 17.8 Å². The summed E-state index contributed by atoms with van der Waals surface area (Å²) in [6.07, 6.45) is -1.95. The van der Waals surface area contributed by atoms with Gasteiger partial charge in [-0.15, -0.1) is 5.10 Å². The predicted octanol–water partition coefficient (Wildman–Crippen LogP) is 5.00. The molecule has 3 fully saturated rings. The van der Waals surface area contributed by atoms with Crippen molar-refractivity contribution in [2.75, 3.05) is 32.1 Å². The van der Waals surface area contributed by atoms with Crippen molar-refractivity contribution in [2.45, 2.75) is 160 Å². The average molecular weight is 911 g/mol. The Bertz CT molecular complexity index is 2040. The van der Waals surface area contributed by atoms with Gasteiger partial charge in [0, 0.05) is 36.9 Å². The normalized spacial score (nSPS) is 36.0. The number of carbonyl (C=O) groups excluding carboxylic acids is 2. The number of carbonyl (C=O) groups is 2. The number of ether oxygens (including phenoxy) is 4. The molecule has 4 heterocycles. The molecule has 0 saturated carbocycles. The van der Waals surface area contributed by atoms with Crippen molar-refractivity contribution in [1.82, 2.24) is 24.8 Å². The number of amides is 1. The molecular weight excluding hydrogens is 840 g/mol. The van der Waals surface area contributed by atoms with Crippen molar-refractivity contribution >= 4 is 17.7 Å². The highest BCUT2D eigenvalue weighted by atomic mass is 19.1. The molecule has 0 radical (unpaired) electrons. The molecule has 4 N–H and O–H groups in total. The summed E-state index contributed by atoms with van der Waals surface area (Å²) in [4.78, 5) is 31.6. The fourth-order valence-electron chi connectivity index (χ4n) is 10.2. The monoisotopic (exact) mass is 911 g/mol. The maximum atomic E-state index is 15.6. The van der Waals surface area contributed by atoms with Gasteiger partial charge in [0.1, 0.15) is 35.8 Å². The molecule has 65 heavy (non-hydrogen) atoms. The second-order valence-electron chi connectivity index (χ2n) is 19.6. The number of hydrogen-bond acceptors (Lipinski definition) is 14. The maximum absolute atomic E-state index is 15.6. The van der Waals surface area contributed by atoms with Gasteiger partial charge in [0.15, 0.2) is 6.29 Å². The van der Waals surface area contributed by atoms with Crippen LogP contribution in [0, 0.1) is 23.6 Å². The van der Waals surface area contributed by atoms with E-state index in [1.165, 1.54) is 17.9 Å². The Morgan fingerprint density at radius 1 is 0.985 bits per heavy atom. The van der Waals surface area contributed by atoms with Crippen molar-refractivity contribution in [3.63, 3.8) is 0 Å². The van der Waals surface area contributed by atoms with Gasteiger partial charge >= 0.3 is 12.1 Å². The first-order valence-electron chi connectivity index (χ1n) is 23.0. The SMILES string of the molecule is CC[C@H]1OC(=O)[C@H](C)C[C@H](C)[C@@H](O[C@@H]2O[C@H](C)C[C@H](N(C)Cc3ccc(-c4ccc(N5C[C@H](Cn6ccnn6)OC5=O)cc4F)cc3)[C@H]2O)[C@](C)(O)C[C@@H](C)CN(C)[C@H](C)[C@@H](O)[C@]1(C)O. The lowest BCUT2D eigenvalue weighted by Crippen LogP contribution is -2.59. The summed E-state index contributed by atoms with van der Waals surface area (Å²) in [6.45, 7) is 15.9. The van der Waals surface area contributed by atoms with E-state index in [0.29, 0.717) is 55.7 Å². The molecule has 17 heteroatoms. The Kier molecular flexibility index (Phi) is 16.1. The van der Waals surface area contributed by atoms with Crippen LogP contribution in [0.4, 0.5) is 14.9 Å². The van der Waals surface area contributed by atoms with Crippen molar-refractivity contribution in [1.29, 1.82) is 0 Å². The molecule has 16 nitrogen and oxygen atoms in total. The van der Waals surface area contributed by atoms with Crippen LogP contribution >= 0.6 is 0 Å². The first-order chi connectivity index (χ1) is 30.6. The van der Waals surface area contributed by atoms with Gasteiger partial charge in [-0.3, -0.25) is 14.6 Å². The average Bonchev–Trinajstić information content (AvgIpc) is 3.90. The number of halogens is 1. The van der Waals surface area contributed by atoms with E-state index in [0.717, 1.165) is 5.56 Å². The summed E-state index contributed by atoms with van der Waals surface area (Å²) < 4.78 is 41.6. The third kappa shape index (κ3) is 11.7. The van der Waals surface area contributed by atoms with Crippen molar-refractivity contribution in [3.05, 3.63) is 66.2 Å². The molecule has 1 amide bonds. The van der Waals surface area contributed by atoms with Gasteiger partial charge in [0.05, 0.1) is 48.7 Å². The van der Waals surface area contributed by atoms with E-state index in [1.807, 2.05) is 75.9 Å². The van der Waals surface area contributed by atoms with E-state index in [9.17, 15) is 30.0 Å². The summed E-state index contributed by atoms with van der Waals surface area (Å²) in [5.74, 6) is -2.15. The van der Waals surface area contributed by atoms with Crippen LogP contribution in [0.3, 0.4) is 0 Å². The van der Waals surface area contributed by atoms with Gasteiger partial charge in [-0.1, -0.05) is 57.2 Å². The number of anilines is 1. The fourth-order valence-corrected chi connectivity index (χ4v) is 10.2. The Morgan fingerprint density at radius 3 is 2.34 bits per heavy atom. The number of nitrogens with zero attached hydrogens (tertiary/aromatic N) is 6. The molecule has 0 bridgehead atoms. The quantitative estimate of drug-likeness (QED) is 0.199. The first-order valence-corrected chi connectivity index (χ1v) is 23.0. The molecule has 0 aliphatic carbocycles. The number of esters is 1. The van der Waals surface area contributed by atoms with Gasteiger partial charge < -0.3 is 44.3 Å². The Morgan fingerprint density at radius 2 is 1.69 bits per heavy atom. The van der Waals surface area contributed by atoms with Crippen molar-refractivity contribution < 1.29 is 53.4 Å². The summed E-state index contributed by atoms with van der Waals surface area (Å²) in [5.41, 5.74) is -0.776. The molecule has 3 aliphatic rings. The summed E-state index contributed by atoms with van der Waals surface area (Å²) in [5, 5.41) is 54.9. The van der Waals surface area contributed by atoms with Crippen LogP contribution in [0.15, 0.2) is 54.9 Å². The molecule has 0 unspecified atom stereocenters. The minimum absolute atomic E-state index is 0.0893. The maximum Gasteiger partial charge on any atom is 0.414 e. The molecule has 3 saturated heterocycles. The van der Waals surface area contributed by atoms with E-state index < -0.39 is 89.8 Å². The molecular formula is C48H71FN6O10. The lowest BCUT2D eigenvalue weighted by Gasteiger charge is -2.46. The first kappa shape index (κ1) is 50.3.